The summed E-state index contributed by atoms with van der Waals surface area (Å²) in [5, 5.41) is 90.1. The third kappa shape index (κ3) is 3.91. The van der Waals surface area contributed by atoms with Gasteiger partial charge in [0.05, 0.1) is 6.10 Å². The van der Waals surface area contributed by atoms with Crippen molar-refractivity contribution in [3.63, 3.8) is 0 Å². The van der Waals surface area contributed by atoms with Crippen molar-refractivity contribution in [1.29, 1.82) is 0 Å². The zero-order valence-electron chi connectivity index (χ0n) is 15.4. The lowest BCUT2D eigenvalue weighted by atomic mass is 9.82. The first-order chi connectivity index (χ1) is 14.1. The van der Waals surface area contributed by atoms with Crippen molar-refractivity contribution in [2.75, 3.05) is 0 Å². The van der Waals surface area contributed by atoms with Crippen LogP contribution in [0, 0.1) is 0 Å². The van der Waals surface area contributed by atoms with Gasteiger partial charge in [-0.3, -0.25) is 0 Å². The van der Waals surface area contributed by atoms with Gasteiger partial charge < -0.3 is 46.0 Å². The van der Waals surface area contributed by atoms with Crippen LogP contribution in [0.5, 0.6) is 46.0 Å². The van der Waals surface area contributed by atoms with Crippen LogP contribution in [0.3, 0.4) is 0 Å². The molecule has 0 radical (unpaired) electrons. The third-order valence-corrected chi connectivity index (χ3v) is 4.78. The molecule has 30 heavy (non-hydrogen) atoms. The highest BCUT2D eigenvalue weighted by atomic mass is 16.3. The van der Waals surface area contributed by atoms with Crippen LogP contribution in [0.2, 0.25) is 0 Å². The van der Waals surface area contributed by atoms with E-state index in [4.69, 9.17) is 0 Å². The van der Waals surface area contributed by atoms with Gasteiger partial charge in [-0.05, 0) is 17.7 Å². The summed E-state index contributed by atoms with van der Waals surface area (Å²) in [5.41, 5.74) is -0.124. The molecule has 0 heterocycles. The van der Waals surface area contributed by atoms with Gasteiger partial charge in [0.15, 0.2) is 11.5 Å². The summed E-state index contributed by atoms with van der Waals surface area (Å²) in [5.74, 6) is -5.06. The summed E-state index contributed by atoms with van der Waals surface area (Å²) in [6.45, 7) is 0. The van der Waals surface area contributed by atoms with Crippen molar-refractivity contribution in [3.8, 4) is 46.0 Å². The molecule has 0 amide bonds. The molecule has 0 saturated heterocycles. The second-order valence-electron chi connectivity index (χ2n) is 6.86. The van der Waals surface area contributed by atoms with Crippen LogP contribution in [0.1, 0.15) is 22.6 Å². The van der Waals surface area contributed by atoms with E-state index in [-0.39, 0.29) is 23.1 Å². The minimum atomic E-state index is -1.49. The van der Waals surface area contributed by atoms with Gasteiger partial charge in [0.25, 0.3) is 0 Å². The molecule has 0 bridgehead atoms. The fourth-order valence-corrected chi connectivity index (χ4v) is 3.41. The molecule has 3 aromatic rings. The zero-order valence-corrected chi connectivity index (χ0v) is 15.4. The molecule has 9 N–H and O–H groups in total. The molecule has 0 aliphatic rings. The van der Waals surface area contributed by atoms with E-state index in [1.165, 1.54) is 6.07 Å². The molecule has 3 aromatic carbocycles. The summed E-state index contributed by atoms with van der Waals surface area (Å²) >= 11 is 0. The maximum Gasteiger partial charge on any atom is 0.157 e. The molecule has 0 aromatic heterocycles. The van der Waals surface area contributed by atoms with Crippen LogP contribution in [0.4, 0.5) is 0 Å². The molecule has 0 aliphatic heterocycles. The van der Waals surface area contributed by atoms with Gasteiger partial charge in [0.1, 0.15) is 34.5 Å². The number of aromatic hydroxyl groups is 8. The highest BCUT2D eigenvalue weighted by molar-refractivity contribution is 5.56. The molecular weight excluding hydrogens is 396 g/mol. The van der Waals surface area contributed by atoms with Crippen LogP contribution >= 0.6 is 0 Å². The minimum Gasteiger partial charge on any atom is -0.508 e. The van der Waals surface area contributed by atoms with Crippen molar-refractivity contribution < 1.29 is 46.0 Å². The third-order valence-electron chi connectivity index (χ3n) is 4.78. The number of benzene rings is 3. The number of rotatable bonds is 5. The summed E-state index contributed by atoms with van der Waals surface area (Å²) in [7, 11) is 0. The Morgan fingerprint density at radius 1 is 0.567 bits per heavy atom. The second kappa shape index (κ2) is 7.80. The maximum atomic E-state index is 11.0. The van der Waals surface area contributed by atoms with E-state index < -0.39 is 58.0 Å². The van der Waals surface area contributed by atoms with Gasteiger partial charge in [-0.25, -0.2) is 0 Å². The van der Waals surface area contributed by atoms with Gasteiger partial charge in [-0.2, -0.15) is 0 Å². The maximum absolute atomic E-state index is 11.0. The Morgan fingerprint density at radius 3 is 1.57 bits per heavy atom. The Labute approximate surface area is 170 Å². The van der Waals surface area contributed by atoms with Crippen molar-refractivity contribution in [2.24, 2.45) is 0 Å². The van der Waals surface area contributed by atoms with Crippen LogP contribution in [0.25, 0.3) is 0 Å². The molecule has 0 saturated carbocycles. The standard InChI is InChI=1S/C21H20O9/c22-10-4-14(25)12(15(26)5-10)8-19(30)20(9-1-2-13(24)16(27)3-9)21-17(28)6-11(23)7-18(21)29/h1-7,19-20,22-30H,8H2/t19-,20+/m1/s1. The van der Waals surface area contributed by atoms with Crippen molar-refractivity contribution >= 4 is 0 Å². The number of phenols is 8. The van der Waals surface area contributed by atoms with Crippen molar-refractivity contribution in [3.05, 3.63) is 59.2 Å². The molecular formula is C21H20O9. The van der Waals surface area contributed by atoms with Crippen molar-refractivity contribution in [1.82, 2.24) is 0 Å². The van der Waals surface area contributed by atoms with E-state index in [2.05, 4.69) is 0 Å². The largest absolute Gasteiger partial charge is 0.508 e. The van der Waals surface area contributed by atoms with Crippen LogP contribution in [0.15, 0.2) is 42.5 Å². The topological polar surface area (TPSA) is 182 Å². The van der Waals surface area contributed by atoms with Gasteiger partial charge in [0, 0.05) is 47.7 Å². The minimum absolute atomic E-state index is 0.106. The summed E-state index contributed by atoms with van der Waals surface area (Å²) in [6.07, 6.45) is -1.87. The van der Waals surface area contributed by atoms with E-state index in [0.29, 0.717) is 0 Å². The fourth-order valence-electron chi connectivity index (χ4n) is 3.41. The monoisotopic (exact) mass is 416 g/mol. The second-order valence-corrected chi connectivity index (χ2v) is 6.86. The summed E-state index contributed by atoms with van der Waals surface area (Å²) in [4.78, 5) is 0. The average Bonchev–Trinajstić information content (AvgIpc) is 2.63. The van der Waals surface area contributed by atoms with Gasteiger partial charge >= 0.3 is 0 Å². The molecule has 2 atom stereocenters. The van der Waals surface area contributed by atoms with E-state index >= 15 is 0 Å². The molecule has 158 valence electrons. The lowest BCUT2D eigenvalue weighted by Crippen LogP contribution is -2.23. The SMILES string of the molecule is Oc1cc(O)c(C[C@@H](O)[C@H](c2ccc(O)c(O)c2)c2c(O)cc(O)cc2O)c(O)c1. The zero-order chi connectivity index (χ0) is 22.2. The van der Waals surface area contributed by atoms with Gasteiger partial charge in [0.2, 0.25) is 0 Å². The Kier molecular flexibility index (Phi) is 5.39. The van der Waals surface area contributed by atoms with Crippen molar-refractivity contribution in [2.45, 2.75) is 18.4 Å². The number of hydrogen-bond acceptors (Lipinski definition) is 9. The Balaban J connectivity index is 2.14. The average molecular weight is 416 g/mol. The van der Waals surface area contributed by atoms with Crippen LogP contribution in [-0.2, 0) is 6.42 Å². The van der Waals surface area contributed by atoms with E-state index in [1.54, 1.807) is 0 Å². The molecule has 0 fully saturated rings. The summed E-state index contributed by atoms with van der Waals surface area (Å²) < 4.78 is 0. The molecule has 0 unspecified atom stereocenters. The number of phenolic OH excluding ortho intramolecular Hbond substituents is 8. The number of aliphatic hydroxyl groups excluding tert-OH is 1. The molecule has 9 nitrogen and oxygen atoms in total. The van der Waals surface area contributed by atoms with Gasteiger partial charge in [-0.15, -0.1) is 0 Å². The van der Waals surface area contributed by atoms with E-state index in [1.807, 2.05) is 0 Å². The highest BCUT2D eigenvalue weighted by Crippen LogP contribution is 2.45. The fraction of sp³-hybridized carbons (Fsp3) is 0.143. The highest BCUT2D eigenvalue weighted by Gasteiger charge is 2.31. The predicted molar refractivity (Wildman–Crippen MR) is 104 cm³/mol. The number of hydrogen-bond donors (Lipinski definition) is 9. The molecule has 0 spiro atoms. The Bertz CT molecular complexity index is 1050. The molecule has 9 heteroatoms. The Hall–Kier alpha value is -3.98. The smallest absolute Gasteiger partial charge is 0.157 e. The van der Waals surface area contributed by atoms with E-state index in [0.717, 1.165) is 36.4 Å². The lowest BCUT2D eigenvalue weighted by molar-refractivity contribution is 0.152. The first-order valence-electron chi connectivity index (χ1n) is 8.77. The first-order valence-corrected chi connectivity index (χ1v) is 8.77. The summed E-state index contributed by atoms with van der Waals surface area (Å²) in [6, 6.07) is 7.44. The van der Waals surface area contributed by atoms with E-state index in [9.17, 15) is 46.0 Å². The molecule has 0 aliphatic carbocycles. The van der Waals surface area contributed by atoms with Crippen LogP contribution in [-0.4, -0.2) is 52.1 Å². The molecule has 3 rings (SSSR count). The normalized spacial score (nSPS) is 13.1. The predicted octanol–water partition coefficient (Wildman–Crippen LogP) is 2.07. The first kappa shape index (κ1) is 20.7. The van der Waals surface area contributed by atoms with Crippen LogP contribution < -0.4 is 0 Å². The number of aliphatic hydroxyl groups is 1. The quantitative estimate of drug-likeness (QED) is 0.281. The Morgan fingerprint density at radius 2 is 1.07 bits per heavy atom. The van der Waals surface area contributed by atoms with Gasteiger partial charge in [-0.1, -0.05) is 6.07 Å². The lowest BCUT2D eigenvalue weighted by Gasteiger charge is -2.26.